The van der Waals surface area contributed by atoms with Gasteiger partial charge in [0, 0.05) is 33.4 Å². The lowest BCUT2D eigenvalue weighted by atomic mass is 9.83. The number of Topliss-reactive ketones (excluding diaryl/α,β-unsaturated/α-hetero) is 2. The molecule has 0 radical (unpaired) electrons. The molecule has 4 aromatic carbocycles. The third-order valence-electron chi connectivity index (χ3n) is 5.70. The zero-order valence-electron chi connectivity index (χ0n) is 18.9. The van der Waals surface area contributed by atoms with Crippen molar-refractivity contribution in [3.63, 3.8) is 0 Å². The van der Waals surface area contributed by atoms with Gasteiger partial charge in [0.2, 0.25) is 0 Å². The normalized spacial score (nSPS) is 10.5. The van der Waals surface area contributed by atoms with Crippen LogP contribution in [-0.4, -0.2) is 23.1 Å². The number of carbonyl (C=O) groups excluding carboxylic acids is 4. The second-order valence-electron chi connectivity index (χ2n) is 7.96. The molecule has 34 heavy (non-hydrogen) atoms. The van der Waals surface area contributed by atoms with E-state index < -0.39 is 5.78 Å². The topological polar surface area (TPSA) is 68.3 Å². The Kier molecular flexibility index (Phi) is 6.42. The van der Waals surface area contributed by atoms with E-state index in [1.54, 1.807) is 97.1 Å². The van der Waals surface area contributed by atoms with Crippen LogP contribution in [0.3, 0.4) is 0 Å². The largest absolute Gasteiger partial charge is 0.294 e. The molecule has 0 aliphatic carbocycles. The lowest BCUT2D eigenvalue weighted by molar-refractivity contribution is 0.0983. The lowest BCUT2D eigenvalue weighted by Gasteiger charge is -2.18. The Bertz CT molecular complexity index is 1420. The molecule has 0 spiro atoms. The summed E-state index contributed by atoms with van der Waals surface area (Å²) in [6.45, 7) is 2.82. The van der Waals surface area contributed by atoms with E-state index in [0.29, 0.717) is 27.8 Å². The third-order valence-corrected chi connectivity index (χ3v) is 5.70. The number of ketones is 4. The van der Waals surface area contributed by atoms with E-state index in [4.69, 9.17) is 0 Å². The summed E-state index contributed by atoms with van der Waals surface area (Å²) >= 11 is 0. The van der Waals surface area contributed by atoms with Crippen LogP contribution in [-0.2, 0) is 0 Å². The predicted octanol–water partition coefficient (Wildman–Crippen LogP) is 6.22. The summed E-state index contributed by atoms with van der Waals surface area (Å²) in [7, 11) is 0. The number of hydrogen-bond acceptors (Lipinski definition) is 4. The highest BCUT2D eigenvalue weighted by molar-refractivity contribution is 6.25. The Morgan fingerprint density at radius 1 is 0.441 bits per heavy atom. The quantitative estimate of drug-likeness (QED) is 0.316. The highest BCUT2D eigenvalue weighted by Crippen LogP contribution is 2.34. The minimum Gasteiger partial charge on any atom is -0.294 e. The van der Waals surface area contributed by atoms with E-state index in [1.807, 2.05) is 0 Å². The van der Waals surface area contributed by atoms with Gasteiger partial charge in [0.1, 0.15) is 0 Å². The first-order valence-electron chi connectivity index (χ1n) is 10.9. The fourth-order valence-corrected chi connectivity index (χ4v) is 4.12. The predicted molar refractivity (Wildman–Crippen MR) is 132 cm³/mol. The molecule has 0 bridgehead atoms. The van der Waals surface area contributed by atoms with Crippen molar-refractivity contribution in [3.05, 3.63) is 130 Å². The van der Waals surface area contributed by atoms with E-state index in [-0.39, 0.29) is 34.0 Å². The van der Waals surface area contributed by atoms with Crippen molar-refractivity contribution in [2.45, 2.75) is 13.8 Å². The van der Waals surface area contributed by atoms with E-state index in [0.717, 1.165) is 0 Å². The highest BCUT2D eigenvalue weighted by Gasteiger charge is 2.28. The number of hydrogen-bond donors (Lipinski definition) is 0. The molecule has 0 saturated carbocycles. The molecule has 4 nitrogen and oxygen atoms in total. The maximum Gasteiger partial charge on any atom is 0.194 e. The summed E-state index contributed by atoms with van der Waals surface area (Å²) in [6, 6.07) is 27.4. The van der Waals surface area contributed by atoms with E-state index in [1.165, 1.54) is 13.8 Å². The zero-order valence-corrected chi connectivity index (χ0v) is 18.9. The van der Waals surface area contributed by atoms with Crippen molar-refractivity contribution < 1.29 is 19.2 Å². The SMILES string of the molecule is CC(=O)c1ccccc1-c1ccc(C(=O)c2ccccc2)c(C(=O)c2ccccc2)c1C(C)=O. The first-order chi connectivity index (χ1) is 16.4. The van der Waals surface area contributed by atoms with Crippen molar-refractivity contribution in [2.75, 3.05) is 0 Å². The molecule has 0 heterocycles. The third kappa shape index (κ3) is 4.26. The number of rotatable bonds is 7. The summed E-state index contributed by atoms with van der Waals surface area (Å²) in [6.07, 6.45) is 0. The van der Waals surface area contributed by atoms with Gasteiger partial charge in [-0.2, -0.15) is 0 Å². The Hall–Kier alpha value is -4.44. The van der Waals surface area contributed by atoms with Gasteiger partial charge in [-0.25, -0.2) is 0 Å². The van der Waals surface area contributed by atoms with Crippen LogP contribution < -0.4 is 0 Å². The average Bonchev–Trinajstić information content (AvgIpc) is 2.88. The second-order valence-corrected chi connectivity index (χ2v) is 7.96. The fourth-order valence-electron chi connectivity index (χ4n) is 4.12. The van der Waals surface area contributed by atoms with Crippen molar-refractivity contribution in [2.24, 2.45) is 0 Å². The van der Waals surface area contributed by atoms with Crippen LogP contribution in [0.4, 0.5) is 0 Å². The van der Waals surface area contributed by atoms with E-state index in [2.05, 4.69) is 0 Å². The van der Waals surface area contributed by atoms with Gasteiger partial charge in [-0.05, 0) is 31.0 Å². The molecule has 0 fully saturated rings. The summed E-state index contributed by atoms with van der Waals surface area (Å²) in [5.41, 5.74) is 2.52. The monoisotopic (exact) mass is 446 g/mol. The van der Waals surface area contributed by atoms with Crippen molar-refractivity contribution >= 4 is 23.1 Å². The molecule has 0 aliphatic rings. The van der Waals surface area contributed by atoms with Gasteiger partial charge in [0.15, 0.2) is 23.1 Å². The van der Waals surface area contributed by atoms with Gasteiger partial charge in [0.25, 0.3) is 0 Å². The standard InChI is InChI=1S/C30H22O4/c1-19(31)23-15-9-10-16-24(23)25-17-18-26(29(33)21-11-5-3-6-12-21)28(27(25)20(2)32)30(34)22-13-7-4-8-14-22/h3-18H,1-2H3. The molecule has 4 aromatic rings. The van der Waals surface area contributed by atoms with E-state index in [9.17, 15) is 19.2 Å². The summed E-state index contributed by atoms with van der Waals surface area (Å²) in [4.78, 5) is 52.6. The number of benzene rings is 4. The van der Waals surface area contributed by atoms with Crippen LogP contribution in [0.2, 0.25) is 0 Å². The van der Waals surface area contributed by atoms with Crippen LogP contribution >= 0.6 is 0 Å². The summed E-state index contributed by atoms with van der Waals surface area (Å²) in [5.74, 6) is -1.30. The van der Waals surface area contributed by atoms with Gasteiger partial charge in [-0.1, -0.05) is 91.0 Å². The van der Waals surface area contributed by atoms with E-state index >= 15 is 0 Å². The maximum absolute atomic E-state index is 13.8. The van der Waals surface area contributed by atoms with Gasteiger partial charge in [-0.15, -0.1) is 0 Å². The molecule has 0 N–H and O–H groups in total. The zero-order chi connectivity index (χ0) is 24.2. The highest BCUT2D eigenvalue weighted by atomic mass is 16.1. The van der Waals surface area contributed by atoms with Crippen LogP contribution in [0.1, 0.15) is 66.4 Å². The van der Waals surface area contributed by atoms with Crippen molar-refractivity contribution in [3.8, 4) is 11.1 Å². The minimum atomic E-state index is -0.424. The molecular weight excluding hydrogens is 424 g/mol. The molecule has 0 unspecified atom stereocenters. The first-order valence-corrected chi connectivity index (χ1v) is 10.9. The molecular formula is C30H22O4. The van der Waals surface area contributed by atoms with Crippen LogP contribution in [0.15, 0.2) is 97.1 Å². The Balaban J connectivity index is 2.06. The molecule has 4 rings (SSSR count). The molecule has 0 aromatic heterocycles. The lowest BCUT2D eigenvalue weighted by Crippen LogP contribution is -2.17. The van der Waals surface area contributed by atoms with Crippen molar-refractivity contribution in [1.82, 2.24) is 0 Å². The molecule has 0 aliphatic heterocycles. The summed E-state index contributed by atoms with van der Waals surface area (Å²) in [5, 5.41) is 0. The molecule has 4 heteroatoms. The van der Waals surface area contributed by atoms with Crippen LogP contribution in [0.5, 0.6) is 0 Å². The minimum absolute atomic E-state index is 0.0448. The van der Waals surface area contributed by atoms with Gasteiger partial charge >= 0.3 is 0 Å². The second kappa shape index (κ2) is 9.59. The average molecular weight is 447 g/mol. The van der Waals surface area contributed by atoms with Gasteiger partial charge in [0.05, 0.1) is 0 Å². The molecule has 166 valence electrons. The van der Waals surface area contributed by atoms with Gasteiger partial charge in [-0.3, -0.25) is 19.2 Å². The van der Waals surface area contributed by atoms with Crippen molar-refractivity contribution in [1.29, 1.82) is 0 Å². The molecule has 0 amide bonds. The fraction of sp³-hybridized carbons (Fsp3) is 0.0667. The number of carbonyl (C=O) groups is 4. The Morgan fingerprint density at radius 2 is 0.971 bits per heavy atom. The van der Waals surface area contributed by atoms with Crippen LogP contribution in [0.25, 0.3) is 11.1 Å². The Morgan fingerprint density at radius 3 is 1.53 bits per heavy atom. The summed E-state index contributed by atoms with van der Waals surface area (Å²) < 4.78 is 0. The molecule has 0 saturated heterocycles. The smallest absolute Gasteiger partial charge is 0.194 e. The van der Waals surface area contributed by atoms with Gasteiger partial charge < -0.3 is 0 Å². The first kappa shape index (κ1) is 22.7. The molecule has 0 atom stereocenters. The maximum atomic E-state index is 13.8. The Labute approximate surface area is 197 Å². The van der Waals surface area contributed by atoms with Crippen LogP contribution in [0, 0.1) is 0 Å².